The first kappa shape index (κ1) is 19.4. The number of nitrogens with one attached hydrogen (secondary N) is 1. The fraction of sp³-hybridized carbons (Fsp3) is 0.273. The molecule has 4 nitrogen and oxygen atoms in total. The summed E-state index contributed by atoms with van der Waals surface area (Å²) in [6.07, 6.45) is 0. The minimum absolute atomic E-state index is 0.0626. The molecule has 1 unspecified atom stereocenters. The van der Waals surface area contributed by atoms with E-state index in [-0.39, 0.29) is 34.5 Å². The summed E-state index contributed by atoms with van der Waals surface area (Å²) in [6.45, 7) is 7.92. The monoisotopic (exact) mass is 351 g/mol. The molecule has 0 saturated carbocycles. The van der Waals surface area contributed by atoms with Crippen LogP contribution >= 0.6 is 0 Å². The van der Waals surface area contributed by atoms with E-state index in [2.05, 4.69) is 23.5 Å². The molecule has 26 heavy (non-hydrogen) atoms. The molecule has 2 aromatic rings. The number of aliphatic hydroxyl groups excluding tert-OH is 1. The Hall–Kier alpha value is -2.88. The first-order valence-corrected chi connectivity index (χ1v) is 8.61. The van der Waals surface area contributed by atoms with Gasteiger partial charge in [-0.1, -0.05) is 42.5 Å². The van der Waals surface area contributed by atoms with E-state index >= 15 is 0 Å². The van der Waals surface area contributed by atoms with E-state index in [0.29, 0.717) is 5.70 Å². The Morgan fingerprint density at radius 1 is 0.885 bits per heavy atom. The number of rotatable bonds is 6. The zero-order chi connectivity index (χ0) is 19.4. The zero-order valence-electron chi connectivity index (χ0n) is 15.9. The third kappa shape index (κ3) is 4.02. The van der Waals surface area contributed by atoms with Crippen LogP contribution in [0.15, 0.2) is 65.1 Å². The Labute approximate surface area is 154 Å². The van der Waals surface area contributed by atoms with Crippen LogP contribution in [0.3, 0.4) is 0 Å². The van der Waals surface area contributed by atoms with Crippen LogP contribution in [-0.4, -0.2) is 16.7 Å². The fourth-order valence-electron chi connectivity index (χ4n) is 3.34. The third-order valence-corrected chi connectivity index (χ3v) is 4.41. The highest BCUT2D eigenvalue weighted by atomic mass is 16.3. The van der Waals surface area contributed by atoms with Gasteiger partial charge in [-0.3, -0.25) is 9.59 Å². The summed E-state index contributed by atoms with van der Waals surface area (Å²) in [5.41, 5.74) is 1.95. The molecule has 0 saturated heterocycles. The maximum Gasteiger partial charge on any atom is 0.163 e. The number of allylic oxidation sites excluding steroid dienone is 4. The molecular formula is C22H25NO3. The number of carbonyl (C=O) groups is 2. The lowest BCUT2D eigenvalue weighted by molar-refractivity contribution is -0.116. The normalized spacial score (nSPS) is 14.3. The highest BCUT2D eigenvalue weighted by molar-refractivity contribution is 6.11. The van der Waals surface area contributed by atoms with Crippen molar-refractivity contribution in [2.45, 2.75) is 40.7 Å². The number of Topliss-reactive ketones (excluding diaryl/α,β-unsaturated/α-hetero) is 2. The van der Waals surface area contributed by atoms with Crippen LogP contribution in [0, 0.1) is 0 Å². The standard InChI is InChI=1S/C22H25NO3/c1-13(19-12-8-10-18-9-6-7-11-20(18)19)23-14(2)21(15(3)24)22(16(4)25)17(5)26/h6-13,23,25H,1-5H3/b21-14+,22-16+. The van der Waals surface area contributed by atoms with Gasteiger partial charge in [-0.05, 0) is 51.0 Å². The van der Waals surface area contributed by atoms with Gasteiger partial charge >= 0.3 is 0 Å². The van der Waals surface area contributed by atoms with E-state index < -0.39 is 0 Å². The number of hydrogen-bond acceptors (Lipinski definition) is 4. The zero-order valence-corrected chi connectivity index (χ0v) is 15.9. The molecule has 0 radical (unpaired) electrons. The van der Waals surface area contributed by atoms with E-state index in [1.807, 2.05) is 31.2 Å². The van der Waals surface area contributed by atoms with Crippen LogP contribution in [0.5, 0.6) is 0 Å². The molecule has 4 heteroatoms. The second-order valence-corrected chi connectivity index (χ2v) is 6.51. The molecule has 0 aliphatic heterocycles. The smallest absolute Gasteiger partial charge is 0.163 e. The van der Waals surface area contributed by atoms with Gasteiger partial charge in [-0.15, -0.1) is 0 Å². The minimum atomic E-state index is -0.339. The Kier molecular flexibility index (Phi) is 5.98. The predicted molar refractivity (Wildman–Crippen MR) is 105 cm³/mol. The summed E-state index contributed by atoms with van der Waals surface area (Å²) >= 11 is 0. The van der Waals surface area contributed by atoms with Gasteiger partial charge in [0.25, 0.3) is 0 Å². The summed E-state index contributed by atoms with van der Waals surface area (Å²) in [5.74, 6) is -0.755. The van der Waals surface area contributed by atoms with Crippen LogP contribution in [0.2, 0.25) is 0 Å². The fourth-order valence-corrected chi connectivity index (χ4v) is 3.34. The van der Waals surface area contributed by atoms with Crippen molar-refractivity contribution in [2.75, 3.05) is 0 Å². The van der Waals surface area contributed by atoms with E-state index in [1.54, 1.807) is 6.92 Å². The molecule has 2 rings (SSSR count). The topological polar surface area (TPSA) is 66.4 Å². The molecule has 0 aliphatic carbocycles. The highest BCUT2D eigenvalue weighted by Crippen LogP contribution is 2.26. The van der Waals surface area contributed by atoms with Crippen molar-refractivity contribution in [1.82, 2.24) is 5.32 Å². The summed E-state index contributed by atoms with van der Waals surface area (Å²) < 4.78 is 0. The summed E-state index contributed by atoms with van der Waals surface area (Å²) in [6, 6.07) is 14.1. The number of ketones is 2. The van der Waals surface area contributed by atoms with Gasteiger partial charge in [0.15, 0.2) is 11.6 Å². The molecule has 136 valence electrons. The van der Waals surface area contributed by atoms with E-state index in [0.717, 1.165) is 16.3 Å². The summed E-state index contributed by atoms with van der Waals surface area (Å²) in [5, 5.41) is 15.5. The molecule has 0 fully saturated rings. The highest BCUT2D eigenvalue weighted by Gasteiger charge is 2.22. The Bertz CT molecular complexity index is 913. The molecule has 0 bridgehead atoms. The van der Waals surface area contributed by atoms with Gasteiger partial charge in [0.1, 0.15) is 5.76 Å². The number of fused-ring (bicyclic) bond motifs is 1. The van der Waals surface area contributed by atoms with Crippen molar-refractivity contribution in [1.29, 1.82) is 0 Å². The molecule has 0 spiro atoms. The second-order valence-electron chi connectivity index (χ2n) is 6.51. The van der Waals surface area contributed by atoms with Gasteiger partial charge in [0, 0.05) is 11.7 Å². The Morgan fingerprint density at radius 2 is 1.46 bits per heavy atom. The average molecular weight is 351 g/mol. The lowest BCUT2D eigenvalue weighted by Crippen LogP contribution is -2.22. The quantitative estimate of drug-likeness (QED) is 0.447. The number of aliphatic hydroxyl groups is 1. The van der Waals surface area contributed by atoms with E-state index in [4.69, 9.17) is 0 Å². The van der Waals surface area contributed by atoms with Gasteiger partial charge in [0.05, 0.1) is 11.1 Å². The third-order valence-electron chi connectivity index (χ3n) is 4.41. The van der Waals surface area contributed by atoms with E-state index in [1.165, 1.54) is 20.8 Å². The SMILES string of the molecule is CC(=O)C(=C(/C)O)/C(C(C)=O)=C(\C)NC(C)c1cccc2ccccc12. The molecule has 0 aromatic heterocycles. The first-order valence-electron chi connectivity index (χ1n) is 8.61. The summed E-state index contributed by atoms with van der Waals surface area (Å²) in [4.78, 5) is 24.1. The van der Waals surface area contributed by atoms with Crippen LogP contribution in [-0.2, 0) is 9.59 Å². The number of carbonyl (C=O) groups excluding carboxylic acids is 2. The molecule has 0 heterocycles. The van der Waals surface area contributed by atoms with Crippen molar-refractivity contribution in [3.05, 3.63) is 70.6 Å². The average Bonchev–Trinajstić information content (AvgIpc) is 2.57. The molecule has 2 aromatic carbocycles. The molecule has 2 N–H and O–H groups in total. The first-order chi connectivity index (χ1) is 12.2. The number of benzene rings is 2. The predicted octanol–water partition coefficient (Wildman–Crippen LogP) is 4.77. The lowest BCUT2D eigenvalue weighted by atomic mass is 9.95. The van der Waals surface area contributed by atoms with Gasteiger partial charge in [-0.25, -0.2) is 0 Å². The molecule has 1 atom stereocenters. The van der Waals surface area contributed by atoms with Crippen molar-refractivity contribution in [3.63, 3.8) is 0 Å². The van der Waals surface area contributed by atoms with Crippen LogP contribution in [0.4, 0.5) is 0 Å². The molecule has 0 amide bonds. The second kappa shape index (κ2) is 8.00. The van der Waals surface area contributed by atoms with Crippen LogP contribution in [0.25, 0.3) is 10.8 Å². The maximum atomic E-state index is 12.2. The van der Waals surface area contributed by atoms with E-state index in [9.17, 15) is 14.7 Å². The maximum absolute atomic E-state index is 12.2. The number of hydrogen-bond donors (Lipinski definition) is 2. The molecule has 0 aliphatic rings. The van der Waals surface area contributed by atoms with Crippen molar-refractivity contribution in [2.24, 2.45) is 0 Å². The van der Waals surface area contributed by atoms with Gasteiger partial charge < -0.3 is 10.4 Å². The van der Waals surface area contributed by atoms with Gasteiger partial charge in [0.2, 0.25) is 0 Å². The van der Waals surface area contributed by atoms with Crippen molar-refractivity contribution in [3.8, 4) is 0 Å². The van der Waals surface area contributed by atoms with Crippen molar-refractivity contribution >= 4 is 22.3 Å². The summed E-state index contributed by atoms with van der Waals surface area (Å²) in [7, 11) is 0. The van der Waals surface area contributed by atoms with Crippen LogP contribution in [0.1, 0.15) is 46.2 Å². The minimum Gasteiger partial charge on any atom is -0.512 e. The Morgan fingerprint density at radius 3 is 2.04 bits per heavy atom. The largest absolute Gasteiger partial charge is 0.512 e. The van der Waals surface area contributed by atoms with Crippen LogP contribution < -0.4 is 5.32 Å². The van der Waals surface area contributed by atoms with Crippen molar-refractivity contribution < 1.29 is 14.7 Å². The Balaban J connectivity index is 2.49. The lowest BCUT2D eigenvalue weighted by Gasteiger charge is -2.21. The molecular weight excluding hydrogens is 326 g/mol. The van der Waals surface area contributed by atoms with Gasteiger partial charge in [-0.2, -0.15) is 0 Å².